The molecular formula is C15H8FNO4. The van der Waals surface area contributed by atoms with Gasteiger partial charge in [-0.2, -0.15) is 0 Å². The molecule has 21 heavy (non-hydrogen) atoms. The van der Waals surface area contributed by atoms with Gasteiger partial charge in [0, 0.05) is 0 Å². The van der Waals surface area contributed by atoms with E-state index in [1.54, 1.807) is 12.1 Å². The second kappa shape index (κ2) is 4.52. The van der Waals surface area contributed by atoms with Crippen LogP contribution in [0.3, 0.4) is 0 Å². The number of hydrogen-bond donors (Lipinski definition) is 1. The number of fused-ring (bicyclic) bond motifs is 1. The molecule has 6 heteroatoms. The predicted molar refractivity (Wildman–Crippen MR) is 70.9 cm³/mol. The summed E-state index contributed by atoms with van der Waals surface area (Å²) in [4.78, 5) is 36.5. The van der Waals surface area contributed by atoms with Crippen molar-refractivity contribution in [1.29, 1.82) is 0 Å². The van der Waals surface area contributed by atoms with Crippen LogP contribution in [0.15, 0.2) is 42.5 Å². The van der Waals surface area contributed by atoms with Gasteiger partial charge in [-0.1, -0.05) is 12.1 Å². The van der Waals surface area contributed by atoms with E-state index in [9.17, 15) is 18.8 Å². The molecule has 2 aromatic rings. The Hall–Kier alpha value is -3.02. The van der Waals surface area contributed by atoms with Gasteiger partial charge in [0.15, 0.2) is 0 Å². The maximum atomic E-state index is 13.2. The molecule has 5 nitrogen and oxygen atoms in total. The molecule has 0 radical (unpaired) electrons. The highest BCUT2D eigenvalue weighted by Crippen LogP contribution is 2.31. The smallest absolute Gasteiger partial charge is 0.337 e. The summed E-state index contributed by atoms with van der Waals surface area (Å²) in [6.45, 7) is 0. The first kappa shape index (κ1) is 13.0. The number of halogens is 1. The average molecular weight is 285 g/mol. The highest BCUT2D eigenvalue weighted by molar-refractivity contribution is 6.35. The SMILES string of the molecule is O=C(O)c1cc(F)ccc1N1C(=O)c2ccccc2C1=O. The Morgan fingerprint density at radius 2 is 1.57 bits per heavy atom. The van der Waals surface area contributed by atoms with E-state index in [4.69, 9.17) is 5.11 Å². The molecule has 104 valence electrons. The van der Waals surface area contributed by atoms with Crippen LogP contribution in [-0.2, 0) is 0 Å². The molecule has 3 rings (SSSR count). The van der Waals surface area contributed by atoms with Crippen molar-refractivity contribution in [2.75, 3.05) is 4.90 Å². The van der Waals surface area contributed by atoms with Crippen LogP contribution >= 0.6 is 0 Å². The molecule has 0 unspecified atom stereocenters. The quantitative estimate of drug-likeness (QED) is 0.859. The minimum Gasteiger partial charge on any atom is -0.478 e. The molecule has 0 aromatic heterocycles. The van der Waals surface area contributed by atoms with Crippen molar-refractivity contribution in [3.8, 4) is 0 Å². The van der Waals surface area contributed by atoms with E-state index < -0.39 is 29.2 Å². The Morgan fingerprint density at radius 3 is 2.10 bits per heavy atom. The largest absolute Gasteiger partial charge is 0.478 e. The van der Waals surface area contributed by atoms with Gasteiger partial charge in [0.25, 0.3) is 11.8 Å². The van der Waals surface area contributed by atoms with Crippen LogP contribution in [0, 0.1) is 5.82 Å². The fourth-order valence-electron chi connectivity index (χ4n) is 2.28. The van der Waals surface area contributed by atoms with E-state index in [1.807, 2.05) is 0 Å². The lowest BCUT2D eigenvalue weighted by Crippen LogP contribution is -2.31. The van der Waals surface area contributed by atoms with E-state index in [-0.39, 0.29) is 16.8 Å². The maximum Gasteiger partial charge on any atom is 0.337 e. The number of hydrogen-bond acceptors (Lipinski definition) is 3. The number of imide groups is 1. The minimum absolute atomic E-state index is 0.143. The molecule has 0 atom stereocenters. The zero-order valence-electron chi connectivity index (χ0n) is 10.5. The van der Waals surface area contributed by atoms with Gasteiger partial charge in [0.1, 0.15) is 5.82 Å². The van der Waals surface area contributed by atoms with Crippen LogP contribution in [0.25, 0.3) is 0 Å². The molecule has 2 aromatic carbocycles. The van der Waals surface area contributed by atoms with E-state index in [0.717, 1.165) is 23.1 Å². The van der Waals surface area contributed by atoms with Crippen molar-refractivity contribution in [2.24, 2.45) is 0 Å². The lowest BCUT2D eigenvalue weighted by molar-refractivity contribution is 0.0697. The lowest BCUT2D eigenvalue weighted by Gasteiger charge is -2.16. The first-order valence-electron chi connectivity index (χ1n) is 6.01. The number of rotatable bonds is 2. The Kier molecular flexibility index (Phi) is 2.79. The van der Waals surface area contributed by atoms with Crippen LogP contribution in [0.2, 0.25) is 0 Å². The van der Waals surface area contributed by atoms with Crippen molar-refractivity contribution in [2.45, 2.75) is 0 Å². The van der Waals surface area contributed by atoms with E-state index in [1.165, 1.54) is 12.1 Å². The van der Waals surface area contributed by atoms with Gasteiger partial charge < -0.3 is 5.11 Å². The molecule has 2 amide bonds. The third-order valence-electron chi connectivity index (χ3n) is 3.22. The van der Waals surface area contributed by atoms with E-state index in [2.05, 4.69) is 0 Å². The van der Waals surface area contributed by atoms with E-state index in [0.29, 0.717) is 0 Å². The summed E-state index contributed by atoms with van der Waals surface area (Å²) in [7, 11) is 0. The Labute approximate surface area is 118 Å². The topological polar surface area (TPSA) is 74.7 Å². The Balaban J connectivity index is 2.18. The maximum absolute atomic E-state index is 13.2. The third kappa shape index (κ3) is 1.88. The molecule has 0 saturated carbocycles. The van der Waals surface area contributed by atoms with E-state index >= 15 is 0 Å². The summed E-state index contributed by atoms with van der Waals surface area (Å²) in [5.41, 5.74) is -0.189. The van der Waals surface area contributed by atoms with Crippen LogP contribution < -0.4 is 4.90 Å². The van der Waals surface area contributed by atoms with Gasteiger partial charge in [-0.05, 0) is 30.3 Å². The van der Waals surface area contributed by atoms with Crippen LogP contribution in [0.1, 0.15) is 31.1 Å². The highest BCUT2D eigenvalue weighted by atomic mass is 19.1. The summed E-state index contributed by atoms with van der Waals surface area (Å²) >= 11 is 0. The van der Waals surface area contributed by atoms with Crippen LogP contribution in [0.5, 0.6) is 0 Å². The molecule has 1 N–H and O–H groups in total. The van der Waals surface area contributed by atoms with Gasteiger partial charge in [0.05, 0.1) is 22.4 Å². The monoisotopic (exact) mass is 285 g/mol. The number of amides is 2. The van der Waals surface area contributed by atoms with Crippen LogP contribution in [-0.4, -0.2) is 22.9 Å². The average Bonchev–Trinajstić information content (AvgIpc) is 2.72. The highest BCUT2D eigenvalue weighted by Gasteiger charge is 2.38. The first-order valence-corrected chi connectivity index (χ1v) is 6.01. The summed E-state index contributed by atoms with van der Waals surface area (Å²) in [6.07, 6.45) is 0. The zero-order valence-corrected chi connectivity index (χ0v) is 10.5. The van der Waals surface area contributed by atoms with Crippen molar-refractivity contribution < 1.29 is 23.9 Å². The summed E-state index contributed by atoms with van der Waals surface area (Å²) in [6, 6.07) is 9.08. The standard InChI is InChI=1S/C15H8FNO4/c16-8-5-6-12(11(7-8)15(20)21)17-13(18)9-3-1-2-4-10(9)14(17)19/h1-7H,(H,20,21). The van der Waals surface area contributed by atoms with Gasteiger partial charge in [0.2, 0.25) is 0 Å². The molecule has 0 bridgehead atoms. The number of nitrogens with zero attached hydrogens (tertiary/aromatic N) is 1. The Morgan fingerprint density at radius 1 is 1.00 bits per heavy atom. The van der Waals surface area contributed by atoms with Crippen molar-refractivity contribution in [3.63, 3.8) is 0 Å². The van der Waals surface area contributed by atoms with Crippen molar-refractivity contribution in [1.82, 2.24) is 0 Å². The number of aromatic carboxylic acids is 1. The van der Waals surface area contributed by atoms with Crippen molar-refractivity contribution in [3.05, 3.63) is 65.0 Å². The number of anilines is 1. The third-order valence-corrected chi connectivity index (χ3v) is 3.22. The second-order valence-corrected chi connectivity index (χ2v) is 4.46. The van der Waals surface area contributed by atoms with Gasteiger partial charge >= 0.3 is 5.97 Å². The molecule has 0 spiro atoms. The first-order chi connectivity index (χ1) is 10.0. The number of carbonyl (C=O) groups excluding carboxylic acids is 2. The van der Waals surface area contributed by atoms with Gasteiger partial charge in [-0.25, -0.2) is 14.1 Å². The molecule has 1 aliphatic heterocycles. The second-order valence-electron chi connectivity index (χ2n) is 4.46. The number of carbonyl (C=O) groups is 3. The predicted octanol–water partition coefficient (Wildman–Crippen LogP) is 2.32. The summed E-state index contributed by atoms with van der Waals surface area (Å²) in [5, 5.41) is 9.12. The zero-order chi connectivity index (χ0) is 15.1. The lowest BCUT2D eigenvalue weighted by atomic mass is 10.1. The number of carboxylic acids is 1. The molecule has 1 heterocycles. The Bertz CT molecular complexity index is 765. The minimum atomic E-state index is -1.42. The van der Waals surface area contributed by atoms with Crippen LogP contribution in [0.4, 0.5) is 10.1 Å². The number of benzene rings is 2. The molecule has 1 aliphatic rings. The molecule has 0 fully saturated rings. The normalized spacial score (nSPS) is 13.5. The molecule has 0 aliphatic carbocycles. The fourth-order valence-corrected chi connectivity index (χ4v) is 2.28. The summed E-state index contributed by atoms with van der Waals surface area (Å²) in [5.74, 6) is -3.41. The fraction of sp³-hybridized carbons (Fsp3) is 0. The van der Waals surface area contributed by atoms with Gasteiger partial charge in [-0.15, -0.1) is 0 Å². The molecular weight excluding hydrogens is 277 g/mol. The molecule has 0 saturated heterocycles. The number of carboxylic acid groups (broad SMARTS) is 1. The summed E-state index contributed by atoms with van der Waals surface area (Å²) < 4.78 is 13.2. The van der Waals surface area contributed by atoms with Crippen molar-refractivity contribution >= 4 is 23.5 Å². The van der Waals surface area contributed by atoms with Gasteiger partial charge in [-0.3, -0.25) is 9.59 Å².